The molecule has 0 atom stereocenters. The Labute approximate surface area is 129 Å². The molecule has 2 aromatic carbocycles. The lowest BCUT2D eigenvalue weighted by Gasteiger charge is -2.07. The average Bonchev–Trinajstić information content (AvgIpc) is 2.53. The number of nitro benzene ring substituents is 2. The number of esters is 1. The third-order valence-corrected chi connectivity index (χ3v) is 2.67. The van der Waals surface area contributed by atoms with Crippen molar-refractivity contribution >= 4 is 17.3 Å². The van der Waals surface area contributed by atoms with Crippen LogP contribution in [0, 0.1) is 20.2 Å². The zero-order valence-electron chi connectivity index (χ0n) is 11.6. The van der Waals surface area contributed by atoms with Crippen molar-refractivity contribution in [1.82, 2.24) is 0 Å². The number of hydrogen-bond acceptors (Lipinski definition) is 7. The molecule has 118 valence electrons. The van der Waals surface area contributed by atoms with Gasteiger partial charge in [-0.05, 0) is 18.2 Å². The molecule has 0 fully saturated rings. The van der Waals surface area contributed by atoms with E-state index in [1.165, 1.54) is 0 Å². The molecule has 9 nitrogen and oxygen atoms in total. The fourth-order valence-corrected chi connectivity index (χ4v) is 1.67. The van der Waals surface area contributed by atoms with E-state index in [2.05, 4.69) is 0 Å². The molecule has 0 aliphatic rings. The Morgan fingerprint density at radius 3 is 2.30 bits per heavy atom. The fourth-order valence-electron chi connectivity index (χ4n) is 1.67. The van der Waals surface area contributed by atoms with E-state index in [0.29, 0.717) is 5.75 Å². The summed E-state index contributed by atoms with van der Waals surface area (Å²) in [6, 6.07) is 11.1. The van der Waals surface area contributed by atoms with Crippen LogP contribution in [0.2, 0.25) is 0 Å². The summed E-state index contributed by atoms with van der Waals surface area (Å²) in [5.74, 6) is -0.714. The number of carbonyl (C=O) groups is 1. The van der Waals surface area contributed by atoms with Gasteiger partial charge in [-0.25, -0.2) is 4.79 Å². The van der Waals surface area contributed by atoms with Gasteiger partial charge in [0, 0.05) is 6.07 Å². The number of non-ortho nitro benzene ring substituents is 1. The molecule has 23 heavy (non-hydrogen) atoms. The first-order valence-corrected chi connectivity index (χ1v) is 6.28. The van der Waals surface area contributed by atoms with Crippen molar-refractivity contribution in [3.05, 3.63) is 68.8 Å². The molecule has 0 bridgehead atoms. The molecule has 0 saturated heterocycles. The van der Waals surface area contributed by atoms with Gasteiger partial charge in [-0.15, -0.1) is 0 Å². The van der Waals surface area contributed by atoms with Crippen LogP contribution in [-0.2, 0) is 4.79 Å². The Balaban J connectivity index is 2.06. The maximum Gasteiger partial charge on any atom is 0.349 e. The van der Waals surface area contributed by atoms with Crippen LogP contribution in [0.1, 0.15) is 0 Å². The minimum atomic E-state index is -0.829. The van der Waals surface area contributed by atoms with Gasteiger partial charge in [0.15, 0.2) is 12.4 Å². The number of ether oxygens (including phenoxy) is 2. The van der Waals surface area contributed by atoms with E-state index >= 15 is 0 Å². The van der Waals surface area contributed by atoms with Gasteiger partial charge in [0.25, 0.3) is 5.69 Å². The molecule has 2 rings (SSSR count). The first kappa shape index (κ1) is 15.9. The summed E-state index contributed by atoms with van der Waals surface area (Å²) in [5.41, 5.74) is -1.05. The summed E-state index contributed by atoms with van der Waals surface area (Å²) in [5, 5.41) is 21.5. The van der Waals surface area contributed by atoms with Crippen molar-refractivity contribution in [3.63, 3.8) is 0 Å². The van der Waals surface area contributed by atoms with Gasteiger partial charge in [-0.1, -0.05) is 18.2 Å². The van der Waals surface area contributed by atoms with Crippen LogP contribution in [0.3, 0.4) is 0 Å². The first-order valence-electron chi connectivity index (χ1n) is 6.28. The number of benzene rings is 2. The number of para-hydroxylation sites is 1. The van der Waals surface area contributed by atoms with Crippen LogP contribution >= 0.6 is 0 Å². The van der Waals surface area contributed by atoms with Crippen molar-refractivity contribution in [2.75, 3.05) is 6.61 Å². The largest absolute Gasteiger partial charge is 0.475 e. The Morgan fingerprint density at radius 1 is 1.00 bits per heavy atom. The quantitative estimate of drug-likeness (QED) is 0.347. The normalized spacial score (nSPS) is 9.91. The molecular weight excluding hydrogens is 308 g/mol. The lowest BCUT2D eigenvalue weighted by atomic mass is 10.2. The van der Waals surface area contributed by atoms with E-state index in [0.717, 1.165) is 18.2 Å². The minimum absolute atomic E-state index is 0.259. The van der Waals surface area contributed by atoms with Gasteiger partial charge in [0.05, 0.1) is 15.9 Å². The van der Waals surface area contributed by atoms with E-state index in [-0.39, 0.29) is 5.75 Å². The highest BCUT2D eigenvalue weighted by Gasteiger charge is 2.21. The molecule has 0 radical (unpaired) electrons. The summed E-state index contributed by atoms with van der Waals surface area (Å²) < 4.78 is 9.98. The molecule has 0 saturated carbocycles. The second kappa shape index (κ2) is 6.98. The number of nitro groups is 2. The Morgan fingerprint density at radius 2 is 1.70 bits per heavy atom. The van der Waals surface area contributed by atoms with E-state index in [1.807, 2.05) is 0 Å². The number of rotatable bonds is 6. The predicted octanol–water partition coefficient (Wildman–Crippen LogP) is 2.49. The van der Waals surface area contributed by atoms with Gasteiger partial charge in [-0.2, -0.15) is 0 Å². The molecule has 9 heteroatoms. The van der Waals surface area contributed by atoms with Crippen LogP contribution in [0.5, 0.6) is 11.5 Å². The van der Waals surface area contributed by atoms with Crippen LogP contribution in [0.25, 0.3) is 0 Å². The van der Waals surface area contributed by atoms with Crippen molar-refractivity contribution in [3.8, 4) is 11.5 Å². The van der Waals surface area contributed by atoms with Crippen LogP contribution in [0.15, 0.2) is 48.5 Å². The van der Waals surface area contributed by atoms with Gasteiger partial charge in [0.2, 0.25) is 0 Å². The standard InChI is InChI=1S/C14H10N2O7/c17-14(23-11-4-2-1-3-5-11)9-22-13-7-6-10(15(18)19)8-12(13)16(20)21/h1-8H,9H2. The highest BCUT2D eigenvalue weighted by atomic mass is 16.6. The minimum Gasteiger partial charge on any atom is -0.475 e. The Bertz CT molecular complexity index is 746. The number of nitrogens with zero attached hydrogens (tertiary/aromatic N) is 2. The molecule has 0 spiro atoms. The maximum atomic E-state index is 11.6. The molecule has 0 amide bonds. The highest BCUT2D eigenvalue weighted by Crippen LogP contribution is 2.30. The van der Waals surface area contributed by atoms with E-state index in [9.17, 15) is 25.0 Å². The molecule has 2 aromatic rings. The van der Waals surface area contributed by atoms with Crippen LogP contribution in [0.4, 0.5) is 11.4 Å². The molecule has 0 aliphatic carbocycles. The van der Waals surface area contributed by atoms with Gasteiger partial charge in [-0.3, -0.25) is 20.2 Å². The van der Waals surface area contributed by atoms with Gasteiger partial charge >= 0.3 is 11.7 Å². The zero-order valence-corrected chi connectivity index (χ0v) is 11.6. The second-order valence-electron chi connectivity index (χ2n) is 4.24. The Kier molecular flexibility index (Phi) is 4.82. The monoisotopic (exact) mass is 318 g/mol. The smallest absolute Gasteiger partial charge is 0.349 e. The topological polar surface area (TPSA) is 122 Å². The fraction of sp³-hybridized carbons (Fsp3) is 0.0714. The third-order valence-electron chi connectivity index (χ3n) is 2.67. The lowest BCUT2D eigenvalue weighted by molar-refractivity contribution is -0.394. The van der Waals surface area contributed by atoms with E-state index < -0.39 is 33.8 Å². The molecule has 0 heterocycles. The maximum absolute atomic E-state index is 11.6. The van der Waals surface area contributed by atoms with Crippen molar-refractivity contribution in [1.29, 1.82) is 0 Å². The highest BCUT2D eigenvalue weighted by molar-refractivity contribution is 5.74. The van der Waals surface area contributed by atoms with Crippen molar-refractivity contribution < 1.29 is 24.1 Å². The predicted molar refractivity (Wildman–Crippen MR) is 77.3 cm³/mol. The second-order valence-corrected chi connectivity index (χ2v) is 4.24. The third kappa shape index (κ3) is 4.24. The molecule has 0 aliphatic heterocycles. The summed E-state index contributed by atoms with van der Waals surface area (Å²) in [7, 11) is 0. The van der Waals surface area contributed by atoms with E-state index in [1.54, 1.807) is 30.3 Å². The average molecular weight is 318 g/mol. The summed E-state index contributed by atoms with van der Waals surface area (Å²) in [6.07, 6.45) is 0. The van der Waals surface area contributed by atoms with Crippen molar-refractivity contribution in [2.45, 2.75) is 0 Å². The van der Waals surface area contributed by atoms with Gasteiger partial charge < -0.3 is 9.47 Å². The molecule has 0 aromatic heterocycles. The summed E-state index contributed by atoms with van der Waals surface area (Å²) in [6.45, 7) is -0.576. The van der Waals surface area contributed by atoms with Crippen LogP contribution < -0.4 is 9.47 Å². The SMILES string of the molecule is O=C(COc1ccc([N+](=O)[O-])cc1[N+](=O)[O-])Oc1ccccc1. The number of hydrogen-bond donors (Lipinski definition) is 0. The Hall–Kier alpha value is -3.49. The molecule has 0 unspecified atom stereocenters. The van der Waals surface area contributed by atoms with E-state index in [4.69, 9.17) is 9.47 Å². The molecular formula is C14H10N2O7. The first-order chi connectivity index (χ1) is 11.0. The number of carbonyl (C=O) groups excluding carboxylic acids is 1. The summed E-state index contributed by atoms with van der Waals surface area (Å²) in [4.78, 5) is 31.6. The summed E-state index contributed by atoms with van der Waals surface area (Å²) >= 11 is 0. The lowest BCUT2D eigenvalue weighted by Crippen LogP contribution is -2.18. The van der Waals surface area contributed by atoms with Crippen LogP contribution in [-0.4, -0.2) is 22.4 Å². The van der Waals surface area contributed by atoms with Gasteiger partial charge in [0.1, 0.15) is 5.75 Å². The van der Waals surface area contributed by atoms with Crippen molar-refractivity contribution in [2.24, 2.45) is 0 Å². The zero-order chi connectivity index (χ0) is 16.8. The molecule has 0 N–H and O–H groups in total.